The molecule has 0 aliphatic heterocycles. The normalized spacial score (nSPS) is 22.9. The first-order valence-electron chi connectivity index (χ1n) is 6.85. The monoisotopic (exact) mass is 274 g/mol. The van der Waals surface area contributed by atoms with Crippen molar-refractivity contribution >= 4 is 22.3 Å². The van der Waals surface area contributed by atoms with Crippen molar-refractivity contribution in [2.24, 2.45) is 0 Å². The molecule has 1 aromatic heterocycles. The van der Waals surface area contributed by atoms with Crippen molar-refractivity contribution in [2.45, 2.75) is 37.8 Å². The molecule has 106 valence electrons. The maximum absolute atomic E-state index is 11.7. The Kier molecular flexibility index (Phi) is 3.31. The Balaban J connectivity index is 1.88. The number of hydrogen-bond acceptors (Lipinski definition) is 5. The average Bonchev–Trinajstić information content (AvgIpc) is 2.43. The first-order chi connectivity index (χ1) is 9.63. The highest BCUT2D eigenvalue weighted by Gasteiger charge is 2.20. The highest BCUT2D eigenvalue weighted by molar-refractivity contribution is 5.88. The number of nitrogens with two attached hydrogens (primary N) is 1. The van der Waals surface area contributed by atoms with Crippen LogP contribution >= 0.6 is 0 Å². The Hall–Kier alpha value is -2.08. The van der Waals surface area contributed by atoms with Crippen LogP contribution in [0.5, 0.6) is 0 Å². The van der Waals surface area contributed by atoms with Crippen molar-refractivity contribution < 1.29 is 5.11 Å². The van der Waals surface area contributed by atoms with Gasteiger partial charge in [-0.2, -0.15) is 0 Å². The number of nitrogens with one attached hydrogen (secondary N) is 2. The van der Waals surface area contributed by atoms with E-state index in [-0.39, 0.29) is 11.7 Å². The fourth-order valence-corrected chi connectivity index (χ4v) is 2.70. The number of aliphatic hydroxyl groups is 1. The molecule has 1 fully saturated rings. The molecule has 3 rings (SSSR count). The number of nitrogen functional groups attached to an aromatic ring is 1. The summed E-state index contributed by atoms with van der Waals surface area (Å²) in [6.07, 6.45) is 4.67. The van der Waals surface area contributed by atoms with Gasteiger partial charge in [-0.1, -0.05) is 0 Å². The lowest BCUT2D eigenvalue weighted by Gasteiger charge is -2.27. The van der Waals surface area contributed by atoms with Crippen molar-refractivity contribution in [3.05, 3.63) is 28.8 Å². The highest BCUT2D eigenvalue weighted by Crippen LogP contribution is 2.27. The summed E-state index contributed by atoms with van der Waals surface area (Å²) in [6, 6.07) is 3.77. The number of aromatic nitrogens is 2. The van der Waals surface area contributed by atoms with Crippen LogP contribution in [-0.4, -0.2) is 27.2 Å². The first kappa shape index (κ1) is 12.9. The molecule has 5 N–H and O–H groups in total. The van der Waals surface area contributed by atoms with E-state index in [2.05, 4.69) is 15.3 Å². The Morgan fingerprint density at radius 2 is 2.05 bits per heavy atom. The standard InChI is InChI=1S/C14H18N4O2/c15-11-5-10-12(16-7-17-14(10)20)6-13(11)18-8-1-3-9(19)4-2-8/h5-9,18-19H,1-4,15H2,(H,16,17,20). The number of aliphatic hydroxyl groups excluding tert-OH is 1. The number of anilines is 2. The van der Waals surface area contributed by atoms with Crippen LogP contribution in [0.15, 0.2) is 23.3 Å². The molecular weight excluding hydrogens is 256 g/mol. The van der Waals surface area contributed by atoms with Crippen LogP contribution in [0.3, 0.4) is 0 Å². The second kappa shape index (κ2) is 5.13. The summed E-state index contributed by atoms with van der Waals surface area (Å²) in [4.78, 5) is 18.4. The van der Waals surface area contributed by atoms with E-state index in [0.29, 0.717) is 22.6 Å². The third kappa shape index (κ3) is 2.46. The van der Waals surface area contributed by atoms with Crippen LogP contribution in [-0.2, 0) is 0 Å². The largest absolute Gasteiger partial charge is 0.397 e. The van der Waals surface area contributed by atoms with Gasteiger partial charge in [0.2, 0.25) is 0 Å². The average molecular weight is 274 g/mol. The van der Waals surface area contributed by atoms with Gasteiger partial charge in [0.15, 0.2) is 0 Å². The maximum Gasteiger partial charge on any atom is 0.258 e. The molecular formula is C14H18N4O2. The van der Waals surface area contributed by atoms with Crippen LogP contribution in [0.4, 0.5) is 11.4 Å². The molecule has 1 heterocycles. The zero-order valence-electron chi connectivity index (χ0n) is 11.1. The number of hydrogen-bond donors (Lipinski definition) is 4. The lowest BCUT2D eigenvalue weighted by molar-refractivity contribution is 0.126. The fourth-order valence-electron chi connectivity index (χ4n) is 2.70. The minimum absolute atomic E-state index is 0.178. The van der Waals surface area contributed by atoms with Gasteiger partial charge in [0.05, 0.1) is 34.7 Å². The zero-order valence-corrected chi connectivity index (χ0v) is 11.1. The SMILES string of the molecule is Nc1cc2c(=O)[nH]cnc2cc1NC1CCC(O)CC1. The van der Waals surface area contributed by atoms with Gasteiger partial charge in [-0.25, -0.2) is 4.98 Å². The summed E-state index contributed by atoms with van der Waals surface area (Å²) < 4.78 is 0. The van der Waals surface area contributed by atoms with Gasteiger partial charge in [-0.3, -0.25) is 4.79 Å². The van der Waals surface area contributed by atoms with Crippen LogP contribution in [0, 0.1) is 0 Å². The Bertz CT molecular complexity index is 674. The van der Waals surface area contributed by atoms with E-state index in [1.165, 1.54) is 6.33 Å². The maximum atomic E-state index is 11.7. The number of aromatic amines is 1. The van der Waals surface area contributed by atoms with Gasteiger partial charge < -0.3 is 21.1 Å². The van der Waals surface area contributed by atoms with E-state index in [4.69, 9.17) is 5.73 Å². The Labute approximate surface area is 116 Å². The lowest BCUT2D eigenvalue weighted by Crippen LogP contribution is -2.28. The molecule has 1 aliphatic carbocycles. The second-order valence-corrected chi connectivity index (χ2v) is 5.34. The highest BCUT2D eigenvalue weighted by atomic mass is 16.3. The minimum atomic E-state index is -0.186. The van der Waals surface area contributed by atoms with Crippen molar-refractivity contribution in [2.75, 3.05) is 11.1 Å². The summed E-state index contributed by atoms with van der Waals surface area (Å²) in [5, 5.41) is 13.4. The minimum Gasteiger partial charge on any atom is -0.397 e. The van der Waals surface area contributed by atoms with Gasteiger partial charge in [0.25, 0.3) is 5.56 Å². The molecule has 0 amide bonds. The Morgan fingerprint density at radius 1 is 1.30 bits per heavy atom. The molecule has 6 heteroatoms. The molecule has 20 heavy (non-hydrogen) atoms. The molecule has 6 nitrogen and oxygen atoms in total. The van der Waals surface area contributed by atoms with Gasteiger partial charge >= 0.3 is 0 Å². The molecule has 2 aromatic rings. The second-order valence-electron chi connectivity index (χ2n) is 5.34. The molecule has 0 radical (unpaired) electrons. The van der Waals surface area contributed by atoms with Crippen molar-refractivity contribution in [3.8, 4) is 0 Å². The van der Waals surface area contributed by atoms with Crippen LogP contribution in [0.1, 0.15) is 25.7 Å². The van der Waals surface area contributed by atoms with Gasteiger partial charge in [-0.15, -0.1) is 0 Å². The smallest absolute Gasteiger partial charge is 0.258 e. The topological polar surface area (TPSA) is 104 Å². The Morgan fingerprint density at radius 3 is 2.80 bits per heavy atom. The molecule has 1 aromatic carbocycles. The van der Waals surface area contributed by atoms with Gasteiger partial charge in [0.1, 0.15) is 0 Å². The van der Waals surface area contributed by atoms with E-state index in [9.17, 15) is 9.90 Å². The van der Waals surface area contributed by atoms with Crippen molar-refractivity contribution in [3.63, 3.8) is 0 Å². The van der Waals surface area contributed by atoms with Crippen LogP contribution in [0.25, 0.3) is 10.9 Å². The molecule has 0 spiro atoms. The fraction of sp³-hybridized carbons (Fsp3) is 0.429. The third-order valence-electron chi connectivity index (χ3n) is 3.87. The summed E-state index contributed by atoms with van der Waals surface area (Å²) in [7, 11) is 0. The number of H-pyrrole nitrogens is 1. The summed E-state index contributed by atoms with van der Waals surface area (Å²) in [6.45, 7) is 0. The van der Waals surface area contributed by atoms with Gasteiger partial charge in [-0.05, 0) is 37.8 Å². The molecule has 0 atom stereocenters. The number of rotatable bonds is 2. The molecule has 0 saturated heterocycles. The van der Waals surface area contributed by atoms with Crippen LogP contribution < -0.4 is 16.6 Å². The van der Waals surface area contributed by atoms with Crippen LogP contribution in [0.2, 0.25) is 0 Å². The number of nitrogens with zero attached hydrogens (tertiary/aromatic N) is 1. The summed E-state index contributed by atoms with van der Waals surface area (Å²) in [5.41, 5.74) is 7.79. The molecule has 0 unspecified atom stereocenters. The zero-order chi connectivity index (χ0) is 14.1. The van der Waals surface area contributed by atoms with E-state index in [1.54, 1.807) is 6.07 Å². The van der Waals surface area contributed by atoms with E-state index in [0.717, 1.165) is 31.4 Å². The number of fused-ring (bicyclic) bond motifs is 1. The number of benzene rings is 1. The first-order valence-corrected chi connectivity index (χ1v) is 6.85. The summed E-state index contributed by atoms with van der Waals surface area (Å²) >= 11 is 0. The van der Waals surface area contributed by atoms with E-state index < -0.39 is 0 Å². The predicted octanol–water partition coefficient (Wildman–Crippen LogP) is 1.22. The quantitative estimate of drug-likeness (QED) is 0.616. The molecule has 1 saturated carbocycles. The van der Waals surface area contributed by atoms with Gasteiger partial charge in [0, 0.05) is 6.04 Å². The van der Waals surface area contributed by atoms with E-state index in [1.807, 2.05) is 6.07 Å². The van der Waals surface area contributed by atoms with E-state index >= 15 is 0 Å². The third-order valence-corrected chi connectivity index (χ3v) is 3.87. The lowest BCUT2D eigenvalue weighted by atomic mass is 9.93. The molecule has 1 aliphatic rings. The summed E-state index contributed by atoms with van der Waals surface area (Å²) in [5.74, 6) is 0. The van der Waals surface area contributed by atoms with Crippen molar-refractivity contribution in [1.82, 2.24) is 9.97 Å². The molecule has 0 bridgehead atoms. The van der Waals surface area contributed by atoms with Crippen molar-refractivity contribution in [1.29, 1.82) is 0 Å². The predicted molar refractivity (Wildman–Crippen MR) is 78.7 cm³/mol.